The largest absolute Gasteiger partial charge is 0.574 e. The van der Waals surface area contributed by atoms with E-state index in [0.717, 1.165) is 0 Å². The number of nitrogens with zero attached hydrogens (tertiary/aromatic N) is 1. The molecule has 14 heavy (non-hydrogen) atoms. The van der Waals surface area contributed by atoms with E-state index in [0.29, 0.717) is 0 Å². The Morgan fingerprint density at radius 3 is 2.36 bits per heavy atom. The van der Waals surface area contributed by atoms with E-state index in [1.54, 1.807) is 0 Å². The Balaban J connectivity index is 3.04. The van der Waals surface area contributed by atoms with Gasteiger partial charge in [0.15, 0.2) is 11.6 Å². The third-order valence-corrected chi connectivity index (χ3v) is 1.09. The van der Waals surface area contributed by atoms with Crippen LogP contribution in [0.15, 0.2) is 6.07 Å². The summed E-state index contributed by atoms with van der Waals surface area (Å²) in [6.45, 7) is 0. The number of pyridine rings is 1. The molecule has 1 rings (SSSR count). The third-order valence-electron chi connectivity index (χ3n) is 1.09. The molecule has 1 aromatic heterocycles. The predicted molar refractivity (Wildman–Crippen MR) is 32.5 cm³/mol. The summed E-state index contributed by atoms with van der Waals surface area (Å²) in [4.78, 5) is 2.42. The first-order chi connectivity index (χ1) is 6.29. The van der Waals surface area contributed by atoms with Crippen molar-refractivity contribution in [3.05, 3.63) is 17.8 Å². The summed E-state index contributed by atoms with van der Waals surface area (Å²) in [7, 11) is 0. The lowest BCUT2D eigenvalue weighted by molar-refractivity contribution is -0.277. The molecule has 0 saturated heterocycles. The lowest BCUT2D eigenvalue weighted by Gasteiger charge is -2.08. The first kappa shape index (κ1) is 10.5. The van der Waals surface area contributed by atoms with Crippen molar-refractivity contribution in [2.45, 2.75) is 6.36 Å². The highest BCUT2D eigenvalue weighted by Gasteiger charge is 2.33. The summed E-state index contributed by atoms with van der Waals surface area (Å²) < 4.78 is 62.6. The van der Waals surface area contributed by atoms with Gasteiger partial charge in [-0.3, -0.25) is 0 Å². The van der Waals surface area contributed by atoms with Crippen LogP contribution in [0.1, 0.15) is 0 Å². The molecule has 0 saturated carbocycles. The van der Waals surface area contributed by atoms with Gasteiger partial charge in [0.2, 0.25) is 0 Å². The minimum atomic E-state index is -5.17. The molecule has 0 amide bonds. The van der Waals surface area contributed by atoms with Gasteiger partial charge < -0.3 is 9.84 Å². The first-order valence-corrected chi connectivity index (χ1v) is 3.10. The fourth-order valence-electron chi connectivity index (χ4n) is 0.622. The lowest BCUT2D eigenvalue weighted by Crippen LogP contribution is -2.19. The van der Waals surface area contributed by atoms with E-state index in [1.807, 2.05) is 0 Å². The lowest BCUT2D eigenvalue weighted by atomic mass is 10.4. The van der Waals surface area contributed by atoms with Gasteiger partial charge in [0.1, 0.15) is 0 Å². The molecule has 0 aromatic carbocycles. The molecule has 0 aliphatic carbocycles. The van der Waals surface area contributed by atoms with Gasteiger partial charge in [-0.25, -0.2) is 4.39 Å². The van der Waals surface area contributed by atoms with Crippen molar-refractivity contribution in [2.75, 3.05) is 0 Å². The topological polar surface area (TPSA) is 42.4 Å². The van der Waals surface area contributed by atoms with Crippen LogP contribution in [0, 0.1) is 11.8 Å². The second-order valence-electron chi connectivity index (χ2n) is 2.13. The number of hydrogen-bond donors (Lipinski definition) is 1. The molecule has 78 valence electrons. The number of halogens is 5. The minimum absolute atomic E-state index is 0.128. The maximum Gasteiger partial charge on any atom is 0.574 e. The van der Waals surface area contributed by atoms with Gasteiger partial charge in [0.05, 0.1) is 0 Å². The highest BCUT2D eigenvalue weighted by Crippen LogP contribution is 2.26. The molecule has 0 bridgehead atoms. The Morgan fingerprint density at radius 2 is 1.86 bits per heavy atom. The van der Waals surface area contributed by atoms with E-state index in [-0.39, 0.29) is 6.07 Å². The van der Waals surface area contributed by atoms with Crippen LogP contribution in [0.3, 0.4) is 0 Å². The normalized spacial score (nSPS) is 11.5. The Bertz CT molecular complexity index is 351. The van der Waals surface area contributed by atoms with Gasteiger partial charge >= 0.3 is 6.36 Å². The monoisotopic (exact) mass is 215 g/mol. The summed E-state index contributed by atoms with van der Waals surface area (Å²) in [6, 6.07) is 0.128. The number of aromatic hydroxyl groups is 1. The zero-order valence-corrected chi connectivity index (χ0v) is 6.27. The number of aromatic nitrogens is 1. The smallest absolute Gasteiger partial charge is 0.504 e. The second-order valence-corrected chi connectivity index (χ2v) is 2.13. The van der Waals surface area contributed by atoms with Crippen molar-refractivity contribution < 1.29 is 31.8 Å². The van der Waals surface area contributed by atoms with Crippen molar-refractivity contribution in [1.82, 2.24) is 4.98 Å². The fraction of sp³-hybridized carbons (Fsp3) is 0.167. The van der Waals surface area contributed by atoms with Crippen LogP contribution in [0.25, 0.3) is 0 Å². The minimum Gasteiger partial charge on any atom is -0.504 e. The summed E-state index contributed by atoms with van der Waals surface area (Å²) in [6.07, 6.45) is -5.17. The van der Waals surface area contributed by atoms with E-state index in [9.17, 15) is 22.0 Å². The molecular weight excluding hydrogens is 213 g/mol. The first-order valence-electron chi connectivity index (χ1n) is 3.10. The van der Waals surface area contributed by atoms with Gasteiger partial charge in [-0.05, 0) is 0 Å². The Morgan fingerprint density at radius 1 is 1.29 bits per heavy atom. The SMILES string of the molecule is Oc1cc(F)c(OC(F)(F)F)nc1F. The zero-order chi connectivity index (χ0) is 10.9. The number of hydrogen-bond acceptors (Lipinski definition) is 3. The summed E-state index contributed by atoms with van der Waals surface area (Å²) in [5.74, 6) is -6.03. The molecule has 3 nitrogen and oxygen atoms in total. The van der Waals surface area contributed by atoms with Crippen molar-refractivity contribution >= 4 is 0 Å². The molecule has 1 aromatic rings. The van der Waals surface area contributed by atoms with Crippen molar-refractivity contribution in [1.29, 1.82) is 0 Å². The molecule has 0 radical (unpaired) electrons. The van der Waals surface area contributed by atoms with Crippen molar-refractivity contribution in [3.63, 3.8) is 0 Å². The van der Waals surface area contributed by atoms with Crippen LogP contribution in [0.2, 0.25) is 0 Å². The average Bonchev–Trinajstić information content (AvgIpc) is 1.97. The molecular formula is C6H2F5NO2. The third kappa shape index (κ3) is 2.44. The molecule has 0 fully saturated rings. The molecule has 0 unspecified atom stereocenters. The second kappa shape index (κ2) is 3.28. The van der Waals surface area contributed by atoms with Gasteiger partial charge in [-0.15, -0.1) is 13.2 Å². The molecule has 0 aliphatic heterocycles. The summed E-state index contributed by atoms with van der Waals surface area (Å²) in [5.41, 5.74) is 0. The maximum absolute atomic E-state index is 12.5. The van der Waals surface area contributed by atoms with E-state index in [2.05, 4.69) is 9.72 Å². The number of alkyl halides is 3. The zero-order valence-electron chi connectivity index (χ0n) is 6.27. The number of rotatable bonds is 1. The van der Waals surface area contributed by atoms with Crippen LogP contribution in [-0.2, 0) is 0 Å². The molecule has 1 heterocycles. The fourth-order valence-corrected chi connectivity index (χ4v) is 0.622. The molecule has 8 heteroatoms. The predicted octanol–water partition coefficient (Wildman–Crippen LogP) is 1.96. The molecule has 0 aliphatic rings. The van der Waals surface area contributed by atoms with Crippen LogP contribution in [0.4, 0.5) is 22.0 Å². The molecule has 1 N–H and O–H groups in total. The van der Waals surface area contributed by atoms with Gasteiger partial charge in [-0.1, -0.05) is 0 Å². The van der Waals surface area contributed by atoms with E-state index in [4.69, 9.17) is 5.11 Å². The highest BCUT2D eigenvalue weighted by molar-refractivity contribution is 5.25. The molecule has 0 spiro atoms. The van der Waals surface area contributed by atoms with Crippen LogP contribution in [-0.4, -0.2) is 16.5 Å². The van der Waals surface area contributed by atoms with Gasteiger partial charge in [0.25, 0.3) is 11.8 Å². The van der Waals surface area contributed by atoms with Gasteiger partial charge in [-0.2, -0.15) is 9.37 Å². The van der Waals surface area contributed by atoms with E-state index in [1.165, 1.54) is 0 Å². The average molecular weight is 215 g/mol. The van der Waals surface area contributed by atoms with Crippen LogP contribution < -0.4 is 4.74 Å². The van der Waals surface area contributed by atoms with Crippen LogP contribution >= 0.6 is 0 Å². The van der Waals surface area contributed by atoms with Crippen molar-refractivity contribution in [3.8, 4) is 11.6 Å². The maximum atomic E-state index is 12.5. The Kier molecular flexibility index (Phi) is 2.45. The standard InChI is InChI=1S/C6H2F5NO2/c7-2-1-3(13)4(8)12-5(2)14-6(9,10)11/h1,13H. The summed E-state index contributed by atoms with van der Waals surface area (Å²) >= 11 is 0. The van der Waals surface area contributed by atoms with E-state index < -0.39 is 29.8 Å². The quantitative estimate of drug-likeness (QED) is 0.575. The van der Waals surface area contributed by atoms with Crippen LogP contribution in [0.5, 0.6) is 11.6 Å². The Labute approximate surface area is 73.8 Å². The number of ether oxygens (including phenoxy) is 1. The summed E-state index contributed by atoms with van der Waals surface area (Å²) in [5, 5.41) is 8.51. The van der Waals surface area contributed by atoms with Crippen molar-refractivity contribution in [2.24, 2.45) is 0 Å². The van der Waals surface area contributed by atoms with E-state index >= 15 is 0 Å². The highest BCUT2D eigenvalue weighted by atomic mass is 19.4. The van der Waals surface area contributed by atoms with Gasteiger partial charge in [0, 0.05) is 6.07 Å². The Hall–Kier alpha value is -1.60. The molecule has 0 atom stereocenters.